The third-order valence-corrected chi connectivity index (χ3v) is 0.553. The van der Waals surface area contributed by atoms with E-state index >= 15 is 0 Å². The van der Waals surface area contributed by atoms with Crippen LogP contribution in [0, 0.1) is 0 Å². The molecule has 0 saturated heterocycles. The van der Waals surface area contributed by atoms with E-state index < -0.39 is 23.9 Å². The van der Waals surface area contributed by atoms with Crippen molar-refractivity contribution in [3.05, 3.63) is 0 Å². The minimum absolute atomic E-state index is 0. The molecule has 19 heavy (non-hydrogen) atoms. The fraction of sp³-hybridized carbons (Fsp3) is 0.500. The molecule has 0 amide bonds. The Morgan fingerprint density at radius 2 is 0.789 bits per heavy atom. The summed E-state index contributed by atoms with van der Waals surface area (Å²) in [5.41, 5.74) is 0. The van der Waals surface area contributed by atoms with Gasteiger partial charge in [0, 0.05) is 13.8 Å². The number of hydrogen-bond donors (Lipinski definition) is 4. The van der Waals surface area contributed by atoms with Gasteiger partial charge in [0.15, 0.2) is 0 Å². The van der Waals surface area contributed by atoms with Crippen LogP contribution in [0.2, 0.25) is 0 Å². The van der Waals surface area contributed by atoms with Gasteiger partial charge in [-0.3, -0.25) is 19.2 Å². The van der Waals surface area contributed by atoms with E-state index in [1.54, 1.807) is 0 Å². The first-order valence-corrected chi connectivity index (χ1v) is 3.92. The van der Waals surface area contributed by atoms with E-state index in [0.717, 1.165) is 13.8 Å². The standard InChI is InChI=1S/C4H6O4.2C2H4O2.2Ca.H2O.4H/c5-3(6)1-2-4(7)8;2*1-2(3)4;;;;;;;/h1-2H2,(H,5,6)(H,7,8);2*1H3,(H,3,4);;;1H2;;;;. The Morgan fingerprint density at radius 1 is 0.684 bits per heavy atom. The molecule has 0 aliphatic heterocycles. The first kappa shape index (κ1) is 36.6. The summed E-state index contributed by atoms with van der Waals surface area (Å²) in [6, 6.07) is 0. The van der Waals surface area contributed by atoms with E-state index in [1.807, 2.05) is 0 Å². The Morgan fingerprint density at radius 3 is 0.842 bits per heavy atom. The average molecular weight is 340 g/mol. The van der Waals surface area contributed by atoms with E-state index in [0.29, 0.717) is 0 Å². The molecule has 11 heteroatoms. The molecule has 0 radical (unpaired) electrons. The monoisotopic (exact) mass is 340 g/mol. The zero-order valence-electron chi connectivity index (χ0n) is 9.34. The number of carbonyl (C=O) groups is 4. The van der Waals surface area contributed by atoms with E-state index in [9.17, 15) is 9.59 Å². The van der Waals surface area contributed by atoms with Crippen molar-refractivity contribution in [3.63, 3.8) is 0 Å². The minimum atomic E-state index is -1.08. The van der Waals surface area contributed by atoms with Crippen molar-refractivity contribution >= 4 is 99.4 Å². The zero-order chi connectivity index (χ0) is 13.7. The second-order valence-electron chi connectivity index (χ2n) is 2.33. The second kappa shape index (κ2) is 26.8. The summed E-state index contributed by atoms with van der Waals surface area (Å²) in [4.78, 5) is 37.3. The third kappa shape index (κ3) is 171. The van der Waals surface area contributed by atoms with Crippen LogP contribution in [-0.2, 0) is 19.2 Å². The van der Waals surface area contributed by atoms with Gasteiger partial charge in [0.25, 0.3) is 11.9 Å². The van der Waals surface area contributed by atoms with Gasteiger partial charge < -0.3 is 25.9 Å². The van der Waals surface area contributed by atoms with Crippen LogP contribution in [0.1, 0.15) is 26.7 Å². The molecular formula is C8H20Ca2O9. The Hall–Kier alpha value is 0.359. The molecule has 0 heterocycles. The Labute approximate surface area is 169 Å². The first-order chi connectivity index (χ1) is 7.09. The second-order valence-corrected chi connectivity index (χ2v) is 2.33. The molecule has 0 aliphatic carbocycles. The molecule has 6 N–H and O–H groups in total. The van der Waals surface area contributed by atoms with E-state index in [1.165, 1.54) is 0 Å². The van der Waals surface area contributed by atoms with Crippen LogP contribution in [0.3, 0.4) is 0 Å². The number of rotatable bonds is 3. The predicted octanol–water partition coefficient (Wildman–Crippen LogP) is -2.54. The predicted molar refractivity (Wildman–Crippen MR) is 71.8 cm³/mol. The van der Waals surface area contributed by atoms with Gasteiger partial charge in [0.2, 0.25) is 0 Å². The van der Waals surface area contributed by atoms with Gasteiger partial charge >= 0.3 is 87.4 Å². The zero-order valence-corrected chi connectivity index (χ0v) is 9.34. The molecule has 9 nitrogen and oxygen atoms in total. The molecule has 0 saturated carbocycles. The molecule has 0 aliphatic rings. The Bertz CT molecular complexity index is 221. The van der Waals surface area contributed by atoms with Gasteiger partial charge in [-0.1, -0.05) is 0 Å². The summed E-state index contributed by atoms with van der Waals surface area (Å²) in [6.07, 6.45) is -0.593. The van der Waals surface area contributed by atoms with Gasteiger partial charge in [-0.25, -0.2) is 0 Å². The SMILES string of the molecule is CC(=O)O.CC(=O)O.O.O=C(O)CCC(=O)O.[CaH2].[CaH2]. The van der Waals surface area contributed by atoms with Crippen molar-refractivity contribution in [2.24, 2.45) is 0 Å². The fourth-order valence-corrected chi connectivity index (χ4v) is 0.214. The number of carboxylic acids is 4. The summed E-state index contributed by atoms with van der Waals surface area (Å²) >= 11 is 0. The number of hydrogen-bond acceptors (Lipinski definition) is 4. The molecule has 0 aromatic heterocycles. The van der Waals surface area contributed by atoms with Gasteiger partial charge in [-0.05, 0) is 0 Å². The molecular weight excluding hydrogens is 320 g/mol. The van der Waals surface area contributed by atoms with Gasteiger partial charge in [0.05, 0.1) is 12.8 Å². The maximum absolute atomic E-state index is 9.64. The van der Waals surface area contributed by atoms with Crippen LogP contribution < -0.4 is 0 Å². The van der Waals surface area contributed by atoms with Crippen molar-refractivity contribution in [2.45, 2.75) is 26.7 Å². The van der Waals surface area contributed by atoms with Crippen LogP contribution >= 0.6 is 0 Å². The van der Waals surface area contributed by atoms with Crippen molar-refractivity contribution in [1.82, 2.24) is 0 Å². The molecule has 0 bridgehead atoms. The fourth-order valence-electron chi connectivity index (χ4n) is 0.214. The van der Waals surface area contributed by atoms with Crippen LogP contribution in [0.5, 0.6) is 0 Å². The van der Waals surface area contributed by atoms with Gasteiger partial charge in [0.1, 0.15) is 0 Å². The third-order valence-electron chi connectivity index (χ3n) is 0.553. The Kier molecular flexibility index (Phi) is 51.6. The van der Waals surface area contributed by atoms with E-state index in [2.05, 4.69) is 0 Å². The molecule has 0 aromatic rings. The summed E-state index contributed by atoms with van der Waals surface area (Å²) in [5.74, 6) is -3.82. The van der Waals surface area contributed by atoms with Crippen LogP contribution in [0.15, 0.2) is 0 Å². The van der Waals surface area contributed by atoms with Crippen molar-refractivity contribution < 1.29 is 45.1 Å². The van der Waals surface area contributed by atoms with Crippen LogP contribution in [0.4, 0.5) is 0 Å². The maximum atomic E-state index is 9.64. The first-order valence-electron chi connectivity index (χ1n) is 3.92. The average Bonchev–Trinajstić information content (AvgIpc) is 1.98. The van der Waals surface area contributed by atoms with Gasteiger partial charge in [-0.15, -0.1) is 0 Å². The van der Waals surface area contributed by atoms with E-state index in [4.69, 9.17) is 30.0 Å². The molecule has 0 unspecified atom stereocenters. The normalized spacial score (nSPS) is 6.21. The topological polar surface area (TPSA) is 181 Å². The number of aliphatic carboxylic acids is 4. The summed E-state index contributed by atoms with van der Waals surface area (Å²) in [7, 11) is 0. The van der Waals surface area contributed by atoms with Crippen LogP contribution in [-0.4, -0.2) is 125 Å². The molecule has 0 spiro atoms. The van der Waals surface area contributed by atoms with Crippen molar-refractivity contribution in [3.8, 4) is 0 Å². The Balaban J connectivity index is -0.0000000337. The van der Waals surface area contributed by atoms with Crippen molar-refractivity contribution in [1.29, 1.82) is 0 Å². The summed E-state index contributed by atoms with van der Waals surface area (Å²) in [6.45, 7) is 2.17. The molecule has 0 atom stereocenters. The molecule has 0 aromatic carbocycles. The van der Waals surface area contributed by atoms with E-state index in [-0.39, 0.29) is 93.8 Å². The quantitative estimate of drug-likeness (QED) is 0.405. The van der Waals surface area contributed by atoms with Crippen molar-refractivity contribution in [2.75, 3.05) is 0 Å². The number of carboxylic acid groups (broad SMARTS) is 4. The van der Waals surface area contributed by atoms with Crippen LogP contribution in [0.25, 0.3) is 0 Å². The van der Waals surface area contributed by atoms with Gasteiger partial charge in [-0.2, -0.15) is 0 Å². The molecule has 110 valence electrons. The molecule has 0 fully saturated rings. The molecule has 0 rings (SSSR count). The summed E-state index contributed by atoms with van der Waals surface area (Å²) in [5, 5.41) is 30.6. The summed E-state index contributed by atoms with van der Waals surface area (Å²) < 4.78 is 0.